The number of aromatic nitrogens is 3. The van der Waals surface area contributed by atoms with E-state index in [1.165, 1.54) is 12.3 Å². The van der Waals surface area contributed by atoms with Crippen molar-refractivity contribution in [1.82, 2.24) is 14.5 Å². The van der Waals surface area contributed by atoms with Gasteiger partial charge in [-0.05, 0) is 67.3 Å². The fourth-order valence-electron chi connectivity index (χ4n) is 5.19. The number of hydrogen-bond donors (Lipinski definition) is 2. The van der Waals surface area contributed by atoms with Crippen molar-refractivity contribution in [2.45, 2.75) is 31.6 Å². The standard InChI is InChI=1S/C29H25FN4O4S/c1-16-11-21-24(13-22(16)30)34(14-17-12-26(31)33-23-7-3-2-5-19(17)23)28(25(35)15-39(37,38)18-8-9-18)27(21)20-6-4-10-32-29(20)36/h2-7,10-13,18H,8-9,14-15H2,1H3,(H2,31,33)(H,32,36). The number of carbonyl (C=O) groups is 1. The molecule has 10 heteroatoms. The topological polar surface area (TPSA) is 128 Å². The highest BCUT2D eigenvalue weighted by Crippen LogP contribution is 2.38. The third kappa shape index (κ3) is 4.40. The van der Waals surface area contributed by atoms with Crippen molar-refractivity contribution in [3.05, 3.63) is 93.8 Å². The number of benzene rings is 2. The number of pyridine rings is 2. The lowest BCUT2D eigenvalue weighted by atomic mass is 10.0. The summed E-state index contributed by atoms with van der Waals surface area (Å²) < 4.78 is 42.4. The predicted octanol–water partition coefficient (Wildman–Crippen LogP) is 4.38. The van der Waals surface area contributed by atoms with Crippen molar-refractivity contribution < 1.29 is 17.6 Å². The van der Waals surface area contributed by atoms with E-state index in [-0.39, 0.29) is 29.2 Å². The van der Waals surface area contributed by atoms with E-state index < -0.39 is 38.0 Å². The predicted molar refractivity (Wildman–Crippen MR) is 149 cm³/mol. The van der Waals surface area contributed by atoms with Gasteiger partial charge in [-0.3, -0.25) is 9.59 Å². The van der Waals surface area contributed by atoms with Crippen LogP contribution in [0.5, 0.6) is 0 Å². The lowest BCUT2D eigenvalue weighted by Gasteiger charge is -2.14. The molecule has 0 saturated heterocycles. The maximum Gasteiger partial charge on any atom is 0.255 e. The first-order valence-electron chi connectivity index (χ1n) is 12.5. The van der Waals surface area contributed by atoms with Crippen molar-refractivity contribution in [3.8, 4) is 11.1 Å². The molecule has 0 spiro atoms. The molecule has 0 radical (unpaired) electrons. The van der Waals surface area contributed by atoms with E-state index in [2.05, 4.69) is 9.97 Å². The van der Waals surface area contributed by atoms with Crippen LogP contribution in [0, 0.1) is 12.7 Å². The SMILES string of the molecule is Cc1cc2c(-c3ccc[nH]c3=O)c(C(=O)CS(=O)(=O)C3CC3)n(Cc3cc(N)nc4ccccc34)c2cc1F. The Morgan fingerprint density at radius 1 is 1.13 bits per heavy atom. The molecular formula is C29H25FN4O4S. The van der Waals surface area contributed by atoms with Gasteiger partial charge < -0.3 is 15.3 Å². The second kappa shape index (κ2) is 9.16. The monoisotopic (exact) mass is 544 g/mol. The maximum absolute atomic E-state index is 15.0. The van der Waals surface area contributed by atoms with Gasteiger partial charge in [-0.1, -0.05) is 18.2 Å². The van der Waals surface area contributed by atoms with Crippen LogP contribution in [-0.2, 0) is 16.4 Å². The zero-order valence-electron chi connectivity index (χ0n) is 21.1. The van der Waals surface area contributed by atoms with Crippen LogP contribution in [0.1, 0.15) is 34.5 Å². The Kier molecular flexibility index (Phi) is 5.87. The lowest BCUT2D eigenvalue weighted by Crippen LogP contribution is -2.23. The van der Waals surface area contributed by atoms with Gasteiger partial charge in [-0.2, -0.15) is 0 Å². The zero-order chi connectivity index (χ0) is 27.5. The number of ketones is 1. The highest BCUT2D eigenvalue weighted by atomic mass is 32.2. The Morgan fingerprint density at radius 2 is 1.90 bits per heavy atom. The van der Waals surface area contributed by atoms with Crippen LogP contribution in [0.25, 0.3) is 32.9 Å². The molecule has 0 unspecified atom stereocenters. The minimum Gasteiger partial charge on any atom is -0.384 e. The van der Waals surface area contributed by atoms with Crippen LogP contribution in [-0.4, -0.2) is 39.7 Å². The molecule has 6 rings (SSSR count). The first-order chi connectivity index (χ1) is 18.6. The zero-order valence-corrected chi connectivity index (χ0v) is 21.9. The number of nitrogens with zero attached hydrogens (tertiary/aromatic N) is 2. The molecule has 0 bridgehead atoms. The first kappa shape index (κ1) is 25.0. The number of fused-ring (bicyclic) bond motifs is 2. The molecule has 2 aromatic carbocycles. The Bertz CT molecular complexity index is 1970. The van der Waals surface area contributed by atoms with Crippen LogP contribution in [0.2, 0.25) is 0 Å². The van der Waals surface area contributed by atoms with Crippen molar-refractivity contribution in [2.75, 3.05) is 11.5 Å². The summed E-state index contributed by atoms with van der Waals surface area (Å²) in [4.78, 5) is 33.9. The third-order valence-electron chi connectivity index (χ3n) is 7.21. The second-order valence-electron chi connectivity index (χ2n) is 9.99. The summed E-state index contributed by atoms with van der Waals surface area (Å²) in [7, 11) is -3.68. The van der Waals surface area contributed by atoms with Crippen LogP contribution in [0.4, 0.5) is 10.2 Å². The summed E-state index contributed by atoms with van der Waals surface area (Å²) in [5, 5.41) is 0.722. The molecule has 1 aliphatic carbocycles. The molecule has 0 amide bonds. The van der Waals surface area contributed by atoms with E-state index in [0.29, 0.717) is 40.4 Å². The molecule has 1 saturated carbocycles. The number of rotatable bonds is 7. The molecule has 1 aliphatic rings. The number of anilines is 1. The Hall–Kier alpha value is -4.31. The number of para-hydroxylation sites is 1. The number of H-pyrrole nitrogens is 1. The Morgan fingerprint density at radius 3 is 2.64 bits per heavy atom. The van der Waals surface area contributed by atoms with Crippen LogP contribution >= 0.6 is 0 Å². The van der Waals surface area contributed by atoms with Crippen molar-refractivity contribution in [3.63, 3.8) is 0 Å². The highest BCUT2D eigenvalue weighted by molar-refractivity contribution is 7.93. The molecule has 3 heterocycles. The van der Waals surface area contributed by atoms with Crippen LogP contribution in [0.15, 0.2) is 65.6 Å². The normalized spacial score (nSPS) is 13.8. The van der Waals surface area contributed by atoms with E-state index in [0.717, 1.165) is 5.39 Å². The van der Waals surface area contributed by atoms with Gasteiger partial charge in [-0.25, -0.2) is 17.8 Å². The summed E-state index contributed by atoms with van der Waals surface area (Å²) >= 11 is 0. The lowest BCUT2D eigenvalue weighted by molar-refractivity contribution is 0.101. The van der Waals surface area contributed by atoms with Crippen LogP contribution < -0.4 is 11.3 Å². The second-order valence-corrected chi connectivity index (χ2v) is 12.3. The quantitative estimate of drug-likeness (QED) is 0.293. The molecule has 8 nitrogen and oxygen atoms in total. The third-order valence-corrected chi connectivity index (χ3v) is 9.36. The van der Waals surface area contributed by atoms with Crippen molar-refractivity contribution in [2.24, 2.45) is 0 Å². The number of halogens is 1. The fourth-order valence-corrected chi connectivity index (χ4v) is 6.78. The molecule has 198 valence electrons. The fraction of sp³-hybridized carbons (Fsp3) is 0.207. The number of aromatic amines is 1. The van der Waals surface area contributed by atoms with E-state index in [4.69, 9.17) is 5.73 Å². The molecule has 3 aromatic heterocycles. The van der Waals surface area contributed by atoms with E-state index in [1.54, 1.807) is 35.8 Å². The molecule has 3 N–H and O–H groups in total. The Labute approximate surface area is 223 Å². The number of nitrogens with two attached hydrogens (primary N) is 1. The summed E-state index contributed by atoms with van der Waals surface area (Å²) in [5.74, 6) is -1.57. The van der Waals surface area contributed by atoms with Gasteiger partial charge in [-0.15, -0.1) is 0 Å². The molecule has 1 fully saturated rings. The number of aryl methyl sites for hydroxylation is 1. The van der Waals surface area contributed by atoms with Gasteiger partial charge in [0.2, 0.25) is 0 Å². The number of hydrogen-bond acceptors (Lipinski definition) is 6. The van der Waals surface area contributed by atoms with Crippen molar-refractivity contribution in [1.29, 1.82) is 0 Å². The average Bonchev–Trinajstić information content (AvgIpc) is 3.71. The summed E-state index contributed by atoms with van der Waals surface area (Å²) in [6.07, 6.45) is 2.52. The molecule has 0 atom stereocenters. The number of nitrogens with one attached hydrogen (secondary N) is 1. The minimum absolute atomic E-state index is 0.0374. The number of nitrogen functional groups attached to an aromatic ring is 1. The first-order valence-corrected chi connectivity index (χ1v) is 14.2. The molecule has 39 heavy (non-hydrogen) atoms. The molecule has 5 aromatic rings. The Balaban J connectivity index is 1.68. The van der Waals surface area contributed by atoms with Gasteiger partial charge in [0.05, 0.1) is 22.0 Å². The van der Waals surface area contributed by atoms with Gasteiger partial charge in [0.15, 0.2) is 15.6 Å². The van der Waals surface area contributed by atoms with E-state index in [9.17, 15) is 18.0 Å². The minimum atomic E-state index is -3.68. The number of Topliss-reactive ketones (excluding diaryl/α,β-unsaturated/α-hetero) is 1. The van der Waals surface area contributed by atoms with Gasteiger partial charge in [0, 0.05) is 34.6 Å². The molecular weight excluding hydrogens is 519 g/mol. The number of carbonyl (C=O) groups excluding carboxylic acids is 1. The smallest absolute Gasteiger partial charge is 0.255 e. The summed E-state index contributed by atoms with van der Waals surface area (Å²) in [6.45, 7) is 1.67. The van der Waals surface area contributed by atoms with Crippen LogP contribution in [0.3, 0.4) is 0 Å². The van der Waals surface area contributed by atoms with Gasteiger partial charge in [0.25, 0.3) is 5.56 Å². The molecule has 0 aliphatic heterocycles. The average molecular weight is 545 g/mol. The van der Waals surface area contributed by atoms with E-state index >= 15 is 4.39 Å². The largest absolute Gasteiger partial charge is 0.384 e. The van der Waals surface area contributed by atoms with E-state index in [1.807, 2.05) is 24.3 Å². The summed E-state index contributed by atoms with van der Waals surface area (Å²) in [5.41, 5.74) is 8.21. The van der Waals surface area contributed by atoms with Gasteiger partial charge in [0.1, 0.15) is 17.4 Å². The highest BCUT2D eigenvalue weighted by Gasteiger charge is 2.38. The van der Waals surface area contributed by atoms with Gasteiger partial charge >= 0.3 is 0 Å². The summed E-state index contributed by atoms with van der Waals surface area (Å²) in [6, 6.07) is 15.2. The van der Waals surface area contributed by atoms with Crippen molar-refractivity contribution >= 4 is 43.2 Å². The maximum atomic E-state index is 15.0. The number of sulfone groups is 1.